The molecule has 0 radical (unpaired) electrons. The van der Waals surface area contributed by atoms with Crippen molar-refractivity contribution in [3.05, 3.63) is 65.5 Å². The van der Waals surface area contributed by atoms with Gasteiger partial charge in [0.05, 0.1) is 40.7 Å². The van der Waals surface area contributed by atoms with Crippen LogP contribution in [0.2, 0.25) is 5.02 Å². The summed E-state index contributed by atoms with van der Waals surface area (Å²) in [5.41, 5.74) is 2.47. The van der Waals surface area contributed by atoms with E-state index in [2.05, 4.69) is 36.8 Å². The zero-order valence-electron chi connectivity index (χ0n) is 24.8. The summed E-state index contributed by atoms with van der Waals surface area (Å²) in [5.74, 6) is 0.251. The van der Waals surface area contributed by atoms with Crippen LogP contribution in [0.1, 0.15) is 28.6 Å². The zero-order chi connectivity index (χ0) is 30.9. The lowest BCUT2D eigenvalue weighted by Gasteiger charge is -2.36. The summed E-state index contributed by atoms with van der Waals surface area (Å²) in [4.78, 5) is 12.9. The van der Waals surface area contributed by atoms with Crippen molar-refractivity contribution in [2.45, 2.75) is 31.0 Å². The number of anilines is 1. The van der Waals surface area contributed by atoms with E-state index < -0.39 is 17.0 Å². The molecule has 208 valence electrons. The highest BCUT2D eigenvalue weighted by atomic mass is 35.5. The van der Waals surface area contributed by atoms with Crippen molar-refractivity contribution in [2.24, 2.45) is 13.0 Å². The molecule has 1 aromatic carbocycles. The number of imidazole rings is 1. The Balaban J connectivity index is 1.31. The van der Waals surface area contributed by atoms with E-state index in [-0.39, 0.29) is 29.1 Å². The van der Waals surface area contributed by atoms with Gasteiger partial charge in [-0.2, -0.15) is 14.7 Å². The highest BCUT2D eigenvalue weighted by Gasteiger charge is 2.35. The molecule has 0 amide bonds. The summed E-state index contributed by atoms with van der Waals surface area (Å²) in [6, 6.07) is 7.17. The number of aryl methyl sites for hydroxylation is 1. The standard InChI is InChI=1S/C26H29ClN10O2S/c1-17-13-36(40(38,39)24-15-35(3)16-31-24)7-6-22(17)33-26-30-11-19(9-28)25(34-26)20-12-32-37(14-20)23-5-4-18(10-29-2)8-21(23)27/h4-5,8,11-12,14-17,22,29H,6-7,10,13H2,1-3H3,(H,30,33,34)/t17-,22+/m1/s1/i2D3. The first-order chi connectivity index (χ1) is 20.3. The number of halogens is 1. The molecule has 1 saturated heterocycles. The van der Waals surface area contributed by atoms with Crippen LogP contribution in [0, 0.1) is 17.2 Å². The first-order valence-electron chi connectivity index (χ1n) is 13.9. The summed E-state index contributed by atoms with van der Waals surface area (Å²) in [7, 11) is -1.97. The summed E-state index contributed by atoms with van der Waals surface area (Å²) < 4.78 is 52.5. The Morgan fingerprint density at radius 2 is 2.12 bits per heavy atom. The van der Waals surface area contributed by atoms with Gasteiger partial charge in [0.2, 0.25) is 5.95 Å². The van der Waals surface area contributed by atoms with Gasteiger partial charge in [0.25, 0.3) is 10.0 Å². The lowest BCUT2D eigenvalue weighted by atomic mass is 9.95. The number of nitrogens with zero attached hydrogens (tertiary/aromatic N) is 8. The van der Waals surface area contributed by atoms with Crippen molar-refractivity contribution in [2.75, 3.05) is 25.4 Å². The summed E-state index contributed by atoms with van der Waals surface area (Å²) in [5, 5.41) is 20.3. The van der Waals surface area contributed by atoms with E-state index in [0.717, 1.165) is 0 Å². The van der Waals surface area contributed by atoms with Gasteiger partial charge >= 0.3 is 0 Å². The number of sulfonamides is 1. The molecule has 4 heterocycles. The maximum atomic E-state index is 13.0. The zero-order valence-corrected chi connectivity index (χ0v) is 23.4. The van der Waals surface area contributed by atoms with E-state index >= 15 is 0 Å². The predicted octanol–water partition coefficient (Wildman–Crippen LogP) is 2.82. The van der Waals surface area contributed by atoms with Gasteiger partial charge in [0.1, 0.15) is 6.07 Å². The largest absolute Gasteiger partial charge is 0.351 e. The second-order valence-electron chi connectivity index (χ2n) is 9.64. The third-order valence-electron chi connectivity index (χ3n) is 6.78. The van der Waals surface area contributed by atoms with Gasteiger partial charge in [-0.3, -0.25) is 0 Å². The number of nitrogens with one attached hydrogen (secondary N) is 2. The minimum absolute atomic E-state index is 0.0250. The number of piperidine rings is 1. The van der Waals surface area contributed by atoms with Crippen LogP contribution in [0.5, 0.6) is 0 Å². The van der Waals surface area contributed by atoms with E-state index in [4.69, 9.17) is 15.7 Å². The molecule has 0 bridgehead atoms. The van der Waals surface area contributed by atoms with Crippen LogP contribution in [0.4, 0.5) is 5.95 Å². The number of hydrogen-bond donors (Lipinski definition) is 2. The second-order valence-corrected chi connectivity index (χ2v) is 11.9. The Hall–Kier alpha value is -3.83. The van der Waals surface area contributed by atoms with Crippen LogP contribution in [0.25, 0.3) is 16.9 Å². The molecule has 0 unspecified atom stereocenters. The molecule has 2 N–H and O–H groups in total. The SMILES string of the molecule is [2H]C([2H])([2H])NCc1ccc(-n2cc(-c3nc(N[C@H]4CCN(S(=O)(=O)c5cn(C)cn5)C[C@H]4C)ncc3C#N)cn2)c(Cl)c1. The van der Waals surface area contributed by atoms with Crippen LogP contribution in [-0.2, 0) is 23.6 Å². The third kappa shape index (κ3) is 5.57. The van der Waals surface area contributed by atoms with Crippen molar-refractivity contribution in [3.8, 4) is 23.0 Å². The molecule has 14 heteroatoms. The average Bonchev–Trinajstić information content (AvgIpc) is 3.62. The Morgan fingerprint density at radius 3 is 2.83 bits per heavy atom. The average molecular weight is 584 g/mol. The lowest BCUT2D eigenvalue weighted by molar-refractivity contribution is 0.260. The van der Waals surface area contributed by atoms with Gasteiger partial charge in [-0.05, 0) is 37.0 Å². The highest BCUT2D eigenvalue weighted by Crippen LogP contribution is 2.28. The molecule has 0 aliphatic carbocycles. The van der Waals surface area contributed by atoms with Crippen molar-refractivity contribution >= 4 is 27.6 Å². The van der Waals surface area contributed by atoms with Crippen LogP contribution < -0.4 is 10.6 Å². The number of rotatable bonds is 8. The predicted molar refractivity (Wildman–Crippen MR) is 150 cm³/mol. The highest BCUT2D eigenvalue weighted by molar-refractivity contribution is 7.89. The van der Waals surface area contributed by atoms with Crippen molar-refractivity contribution < 1.29 is 12.5 Å². The molecule has 0 spiro atoms. The van der Waals surface area contributed by atoms with Crippen LogP contribution in [-0.4, -0.2) is 68.1 Å². The molecule has 1 fully saturated rings. The molecule has 5 rings (SSSR count). The maximum absolute atomic E-state index is 13.0. The summed E-state index contributed by atoms with van der Waals surface area (Å²) in [6.07, 6.45) is 8.17. The van der Waals surface area contributed by atoms with E-state index in [9.17, 15) is 13.7 Å². The van der Waals surface area contributed by atoms with Gasteiger partial charge in [-0.25, -0.2) is 28.1 Å². The molecule has 1 aliphatic heterocycles. The topological polar surface area (TPSA) is 147 Å². The molecule has 2 atom stereocenters. The van der Waals surface area contributed by atoms with E-state index in [1.165, 1.54) is 23.0 Å². The number of hydrogen-bond acceptors (Lipinski definition) is 9. The Morgan fingerprint density at radius 1 is 1.27 bits per heavy atom. The molecule has 4 aromatic rings. The van der Waals surface area contributed by atoms with Crippen molar-refractivity contribution in [1.29, 1.82) is 5.26 Å². The van der Waals surface area contributed by atoms with E-state index in [0.29, 0.717) is 53.0 Å². The second kappa shape index (κ2) is 11.3. The van der Waals surface area contributed by atoms with E-state index in [1.54, 1.807) is 46.9 Å². The monoisotopic (exact) mass is 583 g/mol. The summed E-state index contributed by atoms with van der Waals surface area (Å²) in [6.45, 7) is 0.435. The van der Waals surface area contributed by atoms with Gasteiger partial charge < -0.3 is 15.2 Å². The van der Waals surface area contributed by atoms with E-state index in [1.807, 2.05) is 6.92 Å². The third-order valence-corrected chi connectivity index (χ3v) is 8.84. The normalized spacial score (nSPS) is 19.4. The fourth-order valence-corrected chi connectivity index (χ4v) is 6.45. The lowest BCUT2D eigenvalue weighted by Crippen LogP contribution is -2.47. The van der Waals surface area contributed by atoms with Gasteiger partial charge in [-0.15, -0.1) is 0 Å². The molecule has 12 nitrogen and oxygen atoms in total. The number of nitriles is 1. The van der Waals surface area contributed by atoms with Crippen LogP contribution >= 0.6 is 11.6 Å². The molecule has 40 heavy (non-hydrogen) atoms. The van der Waals surface area contributed by atoms with Gasteiger partial charge in [0, 0.05) is 54.8 Å². The first kappa shape index (κ1) is 24.0. The Kier molecular flexibility index (Phi) is 6.81. The first-order valence-corrected chi connectivity index (χ1v) is 14.3. The minimum atomic E-state index is -3.70. The van der Waals surface area contributed by atoms with Crippen LogP contribution in [0.3, 0.4) is 0 Å². The van der Waals surface area contributed by atoms with Crippen molar-refractivity contribution in [1.82, 2.24) is 38.9 Å². The number of benzene rings is 1. The molecule has 0 saturated carbocycles. The quantitative estimate of drug-likeness (QED) is 0.319. The van der Waals surface area contributed by atoms with Gasteiger partial charge in [-0.1, -0.05) is 24.6 Å². The molecule has 1 aliphatic rings. The van der Waals surface area contributed by atoms with Crippen LogP contribution in [0.15, 0.2) is 54.3 Å². The molecular weight excluding hydrogens is 552 g/mol. The smallest absolute Gasteiger partial charge is 0.262 e. The minimum Gasteiger partial charge on any atom is -0.351 e. The Labute approximate surface area is 241 Å². The fraction of sp³-hybridized carbons (Fsp3) is 0.346. The summed E-state index contributed by atoms with van der Waals surface area (Å²) >= 11 is 6.49. The number of aromatic nitrogens is 6. The van der Waals surface area contributed by atoms with Gasteiger partial charge in [0.15, 0.2) is 5.03 Å². The Bertz CT molecular complexity index is 1780. The maximum Gasteiger partial charge on any atom is 0.262 e. The molecule has 3 aromatic heterocycles. The molecular formula is C26H29ClN10O2S. The fourth-order valence-electron chi connectivity index (χ4n) is 4.64. The van der Waals surface area contributed by atoms with Crippen molar-refractivity contribution in [3.63, 3.8) is 0 Å².